The normalized spacial score (nSPS) is 20.4. The van der Waals surface area contributed by atoms with Crippen LogP contribution in [0.25, 0.3) is 0 Å². The third kappa shape index (κ3) is 4.53. The molecule has 7 nitrogen and oxygen atoms in total. The molecule has 3 rings (SSSR count). The molecular formula is C20H28N2O5. The van der Waals surface area contributed by atoms with E-state index in [-0.39, 0.29) is 23.8 Å². The Kier molecular flexibility index (Phi) is 6.55. The lowest BCUT2D eigenvalue weighted by molar-refractivity contribution is -0.126. The number of likely N-dealkylation sites (tertiary alicyclic amines) is 1. The lowest BCUT2D eigenvalue weighted by atomic mass is 9.95. The van der Waals surface area contributed by atoms with Crippen molar-refractivity contribution in [2.24, 2.45) is 5.92 Å². The van der Waals surface area contributed by atoms with Crippen molar-refractivity contribution in [3.63, 3.8) is 0 Å². The molecule has 1 N–H and O–H groups in total. The molecule has 148 valence electrons. The number of carbonyl (C=O) groups excluding carboxylic acids is 2. The molecule has 2 aliphatic heterocycles. The molecule has 1 atom stereocenters. The van der Waals surface area contributed by atoms with Crippen LogP contribution < -0.4 is 14.8 Å². The molecule has 27 heavy (non-hydrogen) atoms. The second kappa shape index (κ2) is 9.08. The fourth-order valence-electron chi connectivity index (χ4n) is 3.73. The molecule has 2 amide bonds. The van der Waals surface area contributed by atoms with E-state index in [0.29, 0.717) is 49.5 Å². The van der Waals surface area contributed by atoms with Crippen LogP contribution in [-0.2, 0) is 9.53 Å². The van der Waals surface area contributed by atoms with Gasteiger partial charge in [0.05, 0.1) is 20.3 Å². The van der Waals surface area contributed by atoms with Gasteiger partial charge in [0.2, 0.25) is 5.91 Å². The molecule has 2 fully saturated rings. The Labute approximate surface area is 160 Å². The lowest BCUT2D eigenvalue weighted by Gasteiger charge is -2.32. The summed E-state index contributed by atoms with van der Waals surface area (Å²) in [7, 11) is 3.08. The van der Waals surface area contributed by atoms with E-state index >= 15 is 0 Å². The third-order valence-corrected chi connectivity index (χ3v) is 5.32. The molecule has 0 radical (unpaired) electrons. The highest BCUT2D eigenvalue weighted by molar-refractivity contribution is 5.99. The number of ether oxygens (including phenoxy) is 3. The van der Waals surface area contributed by atoms with Crippen molar-refractivity contribution in [3.8, 4) is 11.5 Å². The van der Waals surface area contributed by atoms with Gasteiger partial charge in [-0.1, -0.05) is 6.07 Å². The van der Waals surface area contributed by atoms with Gasteiger partial charge in [-0.15, -0.1) is 0 Å². The van der Waals surface area contributed by atoms with Crippen molar-refractivity contribution in [2.45, 2.75) is 31.8 Å². The number of hydrogen-bond acceptors (Lipinski definition) is 5. The van der Waals surface area contributed by atoms with Crippen molar-refractivity contribution in [1.82, 2.24) is 10.2 Å². The highest BCUT2D eigenvalue weighted by atomic mass is 16.5. The van der Waals surface area contributed by atoms with Gasteiger partial charge in [-0.3, -0.25) is 9.59 Å². The molecule has 1 aromatic rings. The number of rotatable bonds is 6. The molecular weight excluding hydrogens is 348 g/mol. The van der Waals surface area contributed by atoms with Crippen LogP contribution in [0.3, 0.4) is 0 Å². The largest absolute Gasteiger partial charge is 0.496 e. The number of benzene rings is 1. The molecule has 7 heteroatoms. The van der Waals surface area contributed by atoms with E-state index in [1.807, 2.05) is 0 Å². The maximum absolute atomic E-state index is 13.0. The summed E-state index contributed by atoms with van der Waals surface area (Å²) in [6, 6.07) is 5.29. The average molecular weight is 376 g/mol. The average Bonchev–Trinajstić information content (AvgIpc) is 3.24. The minimum atomic E-state index is -0.123. The van der Waals surface area contributed by atoms with Gasteiger partial charge in [0.25, 0.3) is 5.91 Å². The maximum Gasteiger partial charge on any atom is 0.261 e. The van der Waals surface area contributed by atoms with Crippen molar-refractivity contribution in [1.29, 1.82) is 0 Å². The summed E-state index contributed by atoms with van der Waals surface area (Å²) in [5, 5.41) is 3.00. The molecule has 2 aliphatic rings. The zero-order chi connectivity index (χ0) is 19.2. The van der Waals surface area contributed by atoms with Crippen LogP contribution in [0.15, 0.2) is 18.2 Å². The zero-order valence-electron chi connectivity index (χ0n) is 16.0. The number of amides is 2. The standard InChI is InChI=1S/C20H28N2O5/c1-25-16-6-3-7-17(26-2)18(16)20(24)22-10-8-14(9-11-22)19(23)21-13-15-5-4-12-27-15/h3,6-7,14-15H,4-5,8-13H2,1-2H3,(H,21,23). The zero-order valence-corrected chi connectivity index (χ0v) is 16.0. The van der Waals surface area contributed by atoms with Gasteiger partial charge < -0.3 is 24.4 Å². The summed E-state index contributed by atoms with van der Waals surface area (Å²) in [4.78, 5) is 27.1. The Morgan fingerprint density at radius 3 is 2.37 bits per heavy atom. The minimum Gasteiger partial charge on any atom is -0.496 e. The first-order chi connectivity index (χ1) is 13.1. The number of nitrogens with zero attached hydrogens (tertiary/aromatic N) is 1. The smallest absolute Gasteiger partial charge is 0.261 e. The Balaban J connectivity index is 1.56. The molecule has 1 aromatic carbocycles. The van der Waals surface area contributed by atoms with Crippen LogP contribution >= 0.6 is 0 Å². The summed E-state index contributed by atoms with van der Waals surface area (Å²) in [5.74, 6) is 0.872. The molecule has 0 spiro atoms. The summed E-state index contributed by atoms with van der Waals surface area (Å²) in [5.41, 5.74) is 0.434. The molecule has 2 heterocycles. The van der Waals surface area contributed by atoms with Crippen molar-refractivity contribution < 1.29 is 23.8 Å². The Morgan fingerprint density at radius 1 is 1.15 bits per heavy atom. The predicted molar refractivity (Wildman–Crippen MR) is 100 cm³/mol. The third-order valence-electron chi connectivity index (χ3n) is 5.32. The number of piperidine rings is 1. The van der Waals surface area contributed by atoms with E-state index in [9.17, 15) is 9.59 Å². The Hall–Kier alpha value is -2.28. The number of carbonyl (C=O) groups is 2. The number of hydrogen-bond donors (Lipinski definition) is 1. The van der Waals surface area contributed by atoms with E-state index in [0.717, 1.165) is 19.4 Å². The monoisotopic (exact) mass is 376 g/mol. The van der Waals surface area contributed by atoms with E-state index in [2.05, 4.69) is 5.32 Å². The highest BCUT2D eigenvalue weighted by Crippen LogP contribution is 2.31. The quantitative estimate of drug-likeness (QED) is 0.820. The topological polar surface area (TPSA) is 77.1 Å². The van der Waals surface area contributed by atoms with Crippen molar-refractivity contribution in [3.05, 3.63) is 23.8 Å². The first-order valence-electron chi connectivity index (χ1n) is 9.53. The maximum atomic E-state index is 13.0. The van der Waals surface area contributed by atoms with Gasteiger partial charge in [-0.25, -0.2) is 0 Å². The van der Waals surface area contributed by atoms with E-state index in [4.69, 9.17) is 14.2 Å². The van der Waals surface area contributed by atoms with E-state index in [1.54, 1.807) is 23.1 Å². The molecule has 0 aromatic heterocycles. The summed E-state index contributed by atoms with van der Waals surface area (Å²) in [6.45, 7) is 2.44. The van der Waals surface area contributed by atoms with Crippen LogP contribution in [0.5, 0.6) is 11.5 Å². The van der Waals surface area contributed by atoms with Crippen molar-refractivity contribution in [2.75, 3.05) is 40.5 Å². The van der Waals surface area contributed by atoms with E-state index < -0.39 is 0 Å². The molecule has 1 unspecified atom stereocenters. The minimum absolute atomic E-state index is 0.0602. The van der Waals surface area contributed by atoms with Gasteiger partial charge in [0.15, 0.2) is 0 Å². The first kappa shape index (κ1) is 19.5. The SMILES string of the molecule is COc1cccc(OC)c1C(=O)N1CCC(C(=O)NCC2CCCO2)CC1. The molecule has 0 bridgehead atoms. The summed E-state index contributed by atoms with van der Waals surface area (Å²) in [6.07, 6.45) is 3.52. The van der Waals surface area contributed by atoms with Gasteiger partial charge >= 0.3 is 0 Å². The Morgan fingerprint density at radius 2 is 1.81 bits per heavy atom. The first-order valence-corrected chi connectivity index (χ1v) is 9.53. The predicted octanol–water partition coefficient (Wildman–Crippen LogP) is 1.85. The van der Waals surface area contributed by atoms with Crippen LogP contribution in [0.4, 0.5) is 0 Å². The lowest BCUT2D eigenvalue weighted by Crippen LogP contribution is -2.44. The van der Waals surface area contributed by atoms with Gasteiger partial charge in [-0.2, -0.15) is 0 Å². The van der Waals surface area contributed by atoms with Crippen LogP contribution in [0.2, 0.25) is 0 Å². The van der Waals surface area contributed by atoms with Gasteiger partial charge in [0, 0.05) is 32.2 Å². The van der Waals surface area contributed by atoms with Crippen molar-refractivity contribution >= 4 is 11.8 Å². The fourth-order valence-corrected chi connectivity index (χ4v) is 3.73. The fraction of sp³-hybridized carbons (Fsp3) is 0.600. The molecule has 2 saturated heterocycles. The van der Waals surface area contributed by atoms with Crippen LogP contribution in [0.1, 0.15) is 36.0 Å². The van der Waals surface area contributed by atoms with Gasteiger partial charge in [-0.05, 0) is 37.8 Å². The van der Waals surface area contributed by atoms with Gasteiger partial charge in [0.1, 0.15) is 17.1 Å². The highest BCUT2D eigenvalue weighted by Gasteiger charge is 2.30. The number of nitrogens with one attached hydrogen (secondary N) is 1. The van der Waals surface area contributed by atoms with E-state index in [1.165, 1.54) is 14.2 Å². The second-order valence-corrected chi connectivity index (χ2v) is 6.98. The second-order valence-electron chi connectivity index (χ2n) is 6.98. The van der Waals surface area contributed by atoms with Crippen LogP contribution in [-0.4, -0.2) is 63.3 Å². The molecule has 0 saturated carbocycles. The summed E-state index contributed by atoms with van der Waals surface area (Å²) < 4.78 is 16.2. The molecule has 0 aliphatic carbocycles. The number of methoxy groups -OCH3 is 2. The summed E-state index contributed by atoms with van der Waals surface area (Å²) >= 11 is 0. The van der Waals surface area contributed by atoms with Crippen LogP contribution in [0, 0.1) is 5.92 Å². The Bertz CT molecular complexity index is 642.